The minimum atomic E-state index is -3.79. The number of carbonyl (C=O) groups excluding carboxylic acids is 1. The minimum Gasteiger partial charge on any atom is -0.354 e. The Morgan fingerprint density at radius 3 is 2.32 bits per heavy atom. The average molecular weight is 364 g/mol. The molecule has 1 N–H and O–H groups in total. The first kappa shape index (κ1) is 18.9. The molecule has 2 rings (SSSR count). The van der Waals surface area contributed by atoms with Gasteiger partial charge in [0.05, 0.1) is 11.9 Å². The zero-order valence-corrected chi connectivity index (χ0v) is 15.0. The van der Waals surface area contributed by atoms with Crippen LogP contribution >= 0.6 is 0 Å². The van der Waals surface area contributed by atoms with Crippen molar-refractivity contribution in [1.82, 2.24) is 5.32 Å². The number of nitrogens with zero attached hydrogens (tertiary/aromatic N) is 1. The van der Waals surface area contributed by atoms with Crippen molar-refractivity contribution in [2.75, 3.05) is 23.7 Å². The zero-order chi connectivity index (χ0) is 18.4. The zero-order valence-electron chi connectivity index (χ0n) is 14.1. The van der Waals surface area contributed by atoms with Crippen molar-refractivity contribution in [3.8, 4) is 0 Å². The van der Waals surface area contributed by atoms with Crippen LogP contribution in [0.2, 0.25) is 0 Å². The molecule has 1 atom stereocenters. The second kappa shape index (κ2) is 8.11. The first-order valence-electron chi connectivity index (χ1n) is 7.83. The number of amides is 1. The molecule has 0 aromatic heterocycles. The van der Waals surface area contributed by atoms with E-state index in [1.807, 2.05) is 37.3 Å². The Kier molecular flexibility index (Phi) is 6.14. The Bertz CT molecular complexity index is 825. The van der Waals surface area contributed by atoms with E-state index in [-0.39, 0.29) is 11.6 Å². The van der Waals surface area contributed by atoms with E-state index in [1.165, 1.54) is 18.2 Å². The second-order valence-electron chi connectivity index (χ2n) is 5.84. The van der Waals surface area contributed by atoms with Gasteiger partial charge in [-0.3, -0.25) is 9.10 Å². The molecule has 0 heterocycles. The average Bonchev–Trinajstić information content (AvgIpc) is 2.58. The Balaban J connectivity index is 2.05. The van der Waals surface area contributed by atoms with E-state index in [0.717, 1.165) is 22.2 Å². The van der Waals surface area contributed by atoms with E-state index in [9.17, 15) is 17.6 Å². The van der Waals surface area contributed by atoms with Crippen LogP contribution in [-0.4, -0.2) is 33.7 Å². The van der Waals surface area contributed by atoms with Crippen molar-refractivity contribution >= 4 is 21.6 Å². The molecule has 0 fully saturated rings. The molecule has 0 unspecified atom stereocenters. The molecule has 2 aromatic carbocycles. The van der Waals surface area contributed by atoms with Crippen LogP contribution in [-0.2, 0) is 14.8 Å². The van der Waals surface area contributed by atoms with Crippen molar-refractivity contribution in [3.05, 3.63) is 66.0 Å². The summed E-state index contributed by atoms with van der Waals surface area (Å²) in [5.41, 5.74) is 0.924. The normalized spacial score (nSPS) is 12.4. The third kappa shape index (κ3) is 5.29. The summed E-state index contributed by atoms with van der Waals surface area (Å²) < 4.78 is 38.6. The molecule has 0 saturated carbocycles. The van der Waals surface area contributed by atoms with Crippen LogP contribution in [0.5, 0.6) is 0 Å². The monoisotopic (exact) mass is 364 g/mol. The van der Waals surface area contributed by atoms with Crippen molar-refractivity contribution in [2.24, 2.45) is 0 Å². The van der Waals surface area contributed by atoms with Gasteiger partial charge in [-0.2, -0.15) is 0 Å². The SMILES string of the molecule is C[C@@H](CNC(=O)CN(c1ccccc1F)S(C)(=O)=O)c1ccccc1. The van der Waals surface area contributed by atoms with Gasteiger partial charge in [-0.05, 0) is 23.6 Å². The second-order valence-corrected chi connectivity index (χ2v) is 7.74. The number of hydrogen-bond donors (Lipinski definition) is 1. The molecule has 134 valence electrons. The van der Waals surface area contributed by atoms with Crippen LogP contribution in [0.15, 0.2) is 54.6 Å². The first-order chi connectivity index (χ1) is 11.8. The van der Waals surface area contributed by atoms with E-state index in [4.69, 9.17) is 0 Å². The number of para-hydroxylation sites is 1. The number of benzene rings is 2. The fourth-order valence-electron chi connectivity index (χ4n) is 2.39. The van der Waals surface area contributed by atoms with Gasteiger partial charge in [0.1, 0.15) is 12.4 Å². The highest BCUT2D eigenvalue weighted by Crippen LogP contribution is 2.21. The fraction of sp³-hybridized carbons (Fsp3) is 0.278. The van der Waals surface area contributed by atoms with Gasteiger partial charge in [-0.15, -0.1) is 0 Å². The van der Waals surface area contributed by atoms with Crippen LogP contribution in [0, 0.1) is 5.82 Å². The topological polar surface area (TPSA) is 66.5 Å². The summed E-state index contributed by atoms with van der Waals surface area (Å²) in [6.45, 7) is 1.85. The standard InChI is InChI=1S/C18H21FN2O3S/c1-14(15-8-4-3-5-9-15)12-20-18(22)13-21(25(2,23)24)17-11-7-6-10-16(17)19/h3-11,14H,12-13H2,1-2H3,(H,20,22)/t14-/m0/s1. The maximum Gasteiger partial charge on any atom is 0.240 e. The number of sulfonamides is 1. The molecule has 2 aromatic rings. The summed E-state index contributed by atoms with van der Waals surface area (Å²) in [4.78, 5) is 12.2. The van der Waals surface area contributed by atoms with Gasteiger partial charge in [-0.25, -0.2) is 12.8 Å². The van der Waals surface area contributed by atoms with Crippen molar-refractivity contribution in [3.63, 3.8) is 0 Å². The van der Waals surface area contributed by atoms with Gasteiger partial charge < -0.3 is 5.32 Å². The Labute approximate surface area is 147 Å². The summed E-state index contributed by atoms with van der Waals surface area (Å²) in [6.07, 6.45) is 0.944. The summed E-state index contributed by atoms with van der Waals surface area (Å²) in [5, 5.41) is 2.71. The van der Waals surface area contributed by atoms with E-state index in [1.54, 1.807) is 0 Å². The first-order valence-corrected chi connectivity index (χ1v) is 9.67. The smallest absolute Gasteiger partial charge is 0.240 e. The molecule has 0 radical (unpaired) electrons. The molecule has 0 aliphatic rings. The number of anilines is 1. The van der Waals surface area contributed by atoms with Gasteiger partial charge in [-0.1, -0.05) is 49.4 Å². The van der Waals surface area contributed by atoms with E-state index < -0.39 is 28.3 Å². The molecule has 1 amide bonds. The summed E-state index contributed by atoms with van der Waals surface area (Å²) in [6, 6.07) is 15.1. The lowest BCUT2D eigenvalue weighted by molar-refractivity contribution is -0.119. The third-order valence-electron chi connectivity index (χ3n) is 3.78. The van der Waals surface area contributed by atoms with Crippen LogP contribution < -0.4 is 9.62 Å². The van der Waals surface area contributed by atoms with E-state index >= 15 is 0 Å². The van der Waals surface area contributed by atoms with Gasteiger partial charge in [0.15, 0.2) is 0 Å². The van der Waals surface area contributed by atoms with Crippen molar-refractivity contribution in [1.29, 1.82) is 0 Å². The molecule has 7 heteroatoms. The summed E-state index contributed by atoms with van der Waals surface area (Å²) >= 11 is 0. The van der Waals surface area contributed by atoms with Gasteiger partial charge in [0, 0.05) is 6.54 Å². The van der Waals surface area contributed by atoms with Crippen LogP contribution in [0.3, 0.4) is 0 Å². The number of carbonyl (C=O) groups is 1. The minimum absolute atomic E-state index is 0.0743. The Morgan fingerprint density at radius 1 is 1.12 bits per heavy atom. The predicted octanol–water partition coefficient (Wildman–Crippen LogP) is 2.51. The lowest BCUT2D eigenvalue weighted by atomic mass is 10.0. The molecular weight excluding hydrogens is 343 g/mol. The molecule has 25 heavy (non-hydrogen) atoms. The lowest BCUT2D eigenvalue weighted by Crippen LogP contribution is -2.41. The molecule has 0 bridgehead atoms. The molecular formula is C18H21FN2O3S. The fourth-order valence-corrected chi connectivity index (χ4v) is 3.24. The van der Waals surface area contributed by atoms with Gasteiger partial charge >= 0.3 is 0 Å². The summed E-state index contributed by atoms with van der Waals surface area (Å²) in [5.74, 6) is -1.11. The number of hydrogen-bond acceptors (Lipinski definition) is 3. The molecule has 0 aliphatic heterocycles. The number of halogens is 1. The van der Waals surface area contributed by atoms with Crippen LogP contribution in [0.1, 0.15) is 18.4 Å². The van der Waals surface area contributed by atoms with Gasteiger partial charge in [0.2, 0.25) is 15.9 Å². The highest BCUT2D eigenvalue weighted by molar-refractivity contribution is 7.92. The maximum absolute atomic E-state index is 13.9. The number of nitrogens with one attached hydrogen (secondary N) is 1. The van der Waals surface area contributed by atoms with Crippen LogP contribution in [0.4, 0.5) is 10.1 Å². The van der Waals surface area contributed by atoms with Gasteiger partial charge in [0.25, 0.3) is 0 Å². The van der Waals surface area contributed by atoms with Crippen molar-refractivity contribution < 1.29 is 17.6 Å². The maximum atomic E-state index is 13.9. The third-order valence-corrected chi connectivity index (χ3v) is 4.91. The Hall–Kier alpha value is -2.41. The number of rotatable bonds is 7. The highest BCUT2D eigenvalue weighted by atomic mass is 32.2. The molecule has 0 spiro atoms. The summed E-state index contributed by atoms with van der Waals surface area (Å²) in [7, 11) is -3.79. The van der Waals surface area contributed by atoms with Crippen LogP contribution in [0.25, 0.3) is 0 Å². The molecule has 0 aliphatic carbocycles. The van der Waals surface area contributed by atoms with E-state index in [2.05, 4.69) is 5.32 Å². The predicted molar refractivity (Wildman–Crippen MR) is 96.5 cm³/mol. The van der Waals surface area contributed by atoms with Crippen molar-refractivity contribution in [2.45, 2.75) is 12.8 Å². The molecule has 5 nitrogen and oxygen atoms in total. The molecule has 0 saturated heterocycles. The quantitative estimate of drug-likeness (QED) is 0.821. The largest absolute Gasteiger partial charge is 0.354 e. The highest BCUT2D eigenvalue weighted by Gasteiger charge is 2.23. The van der Waals surface area contributed by atoms with E-state index in [0.29, 0.717) is 6.54 Å². The lowest BCUT2D eigenvalue weighted by Gasteiger charge is -2.22. The Morgan fingerprint density at radius 2 is 1.72 bits per heavy atom.